The second-order valence-electron chi connectivity index (χ2n) is 3.16. The van der Waals surface area contributed by atoms with Crippen LogP contribution < -0.4 is 0 Å². The molecule has 1 aliphatic heterocycles. The first-order valence-corrected chi connectivity index (χ1v) is 4.10. The summed E-state index contributed by atoms with van der Waals surface area (Å²) in [5.74, 6) is -1.30. The lowest BCUT2D eigenvalue weighted by atomic mass is 9.97. The van der Waals surface area contributed by atoms with E-state index in [0.29, 0.717) is 0 Å². The molecule has 3 nitrogen and oxygen atoms in total. The standard InChI is InChI=1S/C6H8BrF2NO2/c1-5(12)2-10(3-5)4(11)6(7,8)9/h12H,2-3H2,1H3. The van der Waals surface area contributed by atoms with Crippen molar-refractivity contribution < 1.29 is 18.7 Å². The predicted molar refractivity (Wildman–Crippen MR) is 41.1 cm³/mol. The largest absolute Gasteiger partial charge is 0.386 e. The zero-order valence-corrected chi connectivity index (χ0v) is 7.94. The Morgan fingerprint density at radius 2 is 2.08 bits per heavy atom. The fourth-order valence-electron chi connectivity index (χ4n) is 1.10. The number of β-amino-alcohol motifs (C(OH)–C–C–N with tert-alkyl or cyclic N) is 1. The molecule has 0 unspecified atom stereocenters. The summed E-state index contributed by atoms with van der Waals surface area (Å²) in [7, 11) is 0. The van der Waals surface area contributed by atoms with Crippen LogP contribution in [0.25, 0.3) is 0 Å². The van der Waals surface area contributed by atoms with E-state index in [2.05, 4.69) is 0 Å². The molecule has 1 saturated heterocycles. The van der Waals surface area contributed by atoms with Crippen molar-refractivity contribution in [1.82, 2.24) is 4.90 Å². The highest BCUT2D eigenvalue weighted by Crippen LogP contribution is 2.29. The third-order valence-corrected chi connectivity index (χ3v) is 1.93. The third kappa shape index (κ3) is 1.92. The molecule has 0 aromatic heterocycles. The van der Waals surface area contributed by atoms with Gasteiger partial charge in [-0.1, -0.05) is 0 Å². The number of hydrogen-bond acceptors (Lipinski definition) is 2. The minimum Gasteiger partial charge on any atom is -0.386 e. The Hall–Kier alpha value is -0.230. The Bertz CT molecular complexity index is 206. The molecule has 1 rings (SSSR count). The fourth-order valence-corrected chi connectivity index (χ4v) is 1.35. The Morgan fingerprint density at radius 1 is 1.67 bits per heavy atom. The van der Waals surface area contributed by atoms with Crippen molar-refractivity contribution in [3.05, 3.63) is 0 Å². The summed E-state index contributed by atoms with van der Waals surface area (Å²) < 4.78 is 24.6. The molecular weight excluding hydrogens is 236 g/mol. The first-order chi connectivity index (χ1) is 5.22. The third-order valence-electron chi connectivity index (χ3n) is 1.59. The van der Waals surface area contributed by atoms with Gasteiger partial charge in [-0.05, 0) is 6.92 Å². The molecule has 1 heterocycles. The zero-order valence-electron chi connectivity index (χ0n) is 6.35. The van der Waals surface area contributed by atoms with Gasteiger partial charge in [0.2, 0.25) is 0 Å². The Labute approximate surface area is 76.5 Å². The molecule has 1 N–H and O–H groups in total. The summed E-state index contributed by atoms with van der Waals surface area (Å²) in [5, 5.41) is 9.14. The summed E-state index contributed by atoms with van der Waals surface area (Å²) >= 11 is 1.95. The maximum atomic E-state index is 12.3. The molecule has 0 aromatic rings. The van der Waals surface area contributed by atoms with Gasteiger partial charge in [0.15, 0.2) is 0 Å². The van der Waals surface area contributed by atoms with Gasteiger partial charge in [-0.3, -0.25) is 4.79 Å². The average molecular weight is 244 g/mol. The van der Waals surface area contributed by atoms with E-state index in [1.54, 1.807) is 0 Å². The van der Waals surface area contributed by atoms with Gasteiger partial charge in [-0.15, -0.1) is 0 Å². The van der Waals surface area contributed by atoms with Gasteiger partial charge in [0.05, 0.1) is 18.7 Å². The smallest absolute Gasteiger partial charge is 0.377 e. The molecule has 0 bridgehead atoms. The Kier molecular flexibility index (Phi) is 2.16. The van der Waals surface area contributed by atoms with Crippen LogP contribution in [0.1, 0.15) is 6.92 Å². The molecule has 0 radical (unpaired) electrons. The van der Waals surface area contributed by atoms with E-state index in [4.69, 9.17) is 5.11 Å². The van der Waals surface area contributed by atoms with Crippen molar-refractivity contribution in [2.45, 2.75) is 17.4 Å². The number of carbonyl (C=O) groups excluding carboxylic acids is 1. The van der Waals surface area contributed by atoms with Gasteiger partial charge in [0, 0.05) is 15.9 Å². The zero-order chi connectivity index (χ0) is 9.57. The minimum atomic E-state index is -3.51. The second kappa shape index (κ2) is 2.63. The lowest BCUT2D eigenvalue weighted by molar-refractivity contribution is -0.165. The number of carbonyl (C=O) groups is 1. The van der Waals surface area contributed by atoms with Crippen LogP contribution in [0.3, 0.4) is 0 Å². The van der Waals surface area contributed by atoms with E-state index in [0.717, 1.165) is 4.90 Å². The summed E-state index contributed by atoms with van der Waals surface area (Å²) in [5.41, 5.74) is -1.01. The van der Waals surface area contributed by atoms with Crippen LogP contribution in [0.2, 0.25) is 0 Å². The average Bonchev–Trinajstić information content (AvgIpc) is 1.78. The molecule has 6 heteroatoms. The molecule has 1 fully saturated rings. The van der Waals surface area contributed by atoms with Crippen LogP contribution in [-0.4, -0.2) is 39.4 Å². The molecule has 0 aromatic carbocycles. The van der Waals surface area contributed by atoms with Gasteiger partial charge in [0.1, 0.15) is 0 Å². The van der Waals surface area contributed by atoms with Gasteiger partial charge in [-0.2, -0.15) is 8.78 Å². The number of amides is 1. The number of rotatable bonds is 1. The van der Waals surface area contributed by atoms with Gasteiger partial charge in [-0.25, -0.2) is 0 Å². The second-order valence-corrected chi connectivity index (χ2v) is 4.15. The SMILES string of the molecule is CC1(O)CN(C(=O)C(F)(F)Br)C1. The molecule has 70 valence electrons. The van der Waals surface area contributed by atoms with E-state index in [1.807, 2.05) is 15.9 Å². The van der Waals surface area contributed by atoms with Crippen molar-refractivity contribution in [2.75, 3.05) is 13.1 Å². The van der Waals surface area contributed by atoms with Crippen molar-refractivity contribution in [3.8, 4) is 0 Å². The van der Waals surface area contributed by atoms with Crippen LogP contribution in [0.4, 0.5) is 8.78 Å². The fraction of sp³-hybridized carbons (Fsp3) is 0.833. The van der Waals surface area contributed by atoms with Crippen LogP contribution in [0.5, 0.6) is 0 Å². The molecular formula is C6H8BrF2NO2. The molecule has 1 aliphatic rings. The van der Waals surface area contributed by atoms with E-state index in [-0.39, 0.29) is 13.1 Å². The van der Waals surface area contributed by atoms with Crippen LogP contribution >= 0.6 is 15.9 Å². The molecule has 1 amide bonds. The van der Waals surface area contributed by atoms with Crippen LogP contribution in [0.15, 0.2) is 0 Å². The lowest BCUT2D eigenvalue weighted by Gasteiger charge is -2.44. The Balaban J connectivity index is 2.50. The monoisotopic (exact) mass is 243 g/mol. The van der Waals surface area contributed by atoms with E-state index in [1.165, 1.54) is 6.92 Å². The predicted octanol–water partition coefficient (Wildman–Crippen LogP) is 0.567. The van der Waals surface area contributed by atoms with Gasteiger partial charge >= 0.3 is 10.7 Å². The number of aliphatic hydroxyl groups is 1. The lowest BCUT2D eigenvalue weighted by Crippen LogP contribution is -2.63. The van der Waals surface area contributed by atoms with Crippen molar-refractivity contribution >= 4 is 21.8 Å². The highest BCUT2D eigenvalue weighted by molar-refractivity contribution is 9.10. The summed E-state index contributed by atoms with van der Waals surface area (Å²) in [6, 6.07) is 0. The molecule has 0 spiro atoms. The number of nitrogens with zero attached hydrogens (tertiary/aromatic N) is 1. The molecule has 0 atom stereocenters. The van der Waals surface area contributed by atoms with Crippen molar-refractivity contribution in [1.29, 1.82) is 0 Å². The molecule has 12 heavy (non-hydrogen) atoms. The van der Waals surface area contributed by atoms with Crippen LogP contribution in [0, 0.1) is 0 Å². The topological polar surface area (TPSA) is 40.5 Å². The van der Waals surface area contributed by atoms with Crippen molar-refractivity contribution in [3.63, 3.8) is 0 Å². The van der Waals surface area contributed by atoms with E-state index < -0.39 is 16.3 Å². The van der Waals surface area contributed by atoms with E-state index >= 15 is 0 Å². The molecule has 0 aliphatic carbocycles. The normalized spacial score (nSPS) is 21.9. The maximum Gasteiger partial charge on any atom is 0.377 e. The molecule has 0 saturated carbocycles. The number of hydrogen-bond donors (Lipinski definition) is 1. The van der Waals surface area contributed by atoms with E-state index in [9.17, 15) is 13.6 Å². The highest BCUT2D eigenvalue weighted by Gasteiger charge is 2.47. The number of likely N-dealkylation sites (tertiary alicyclic amines) is 1. The summed E-state index contributed by atoms with van der Waals surface area (Å²) in [6.07, 6.45) is 0. The van der Waals surface area contributed by atoms with Crippen molar-refractivity contribution in [2.24, 2.45) is 0 Å². The van der Waals surface area contributed by atoms with Gasteiger partial charge in [0.25, 0.3) is 0 Å². The maximum absolute atomic E-state index is 12.3. The Morgan fingerprint density at radius 3 is 2.33 bits per heavy atom. The number of halogens is 3. The summed E-state index contributed by atoms with van der Waals surface area (Å²) in [4.78, 5) is 8.14. The highest BCUT2D eigenvalue weighted by atomic mass is 79.9. The van der Waals surface area contributed by atoms with Gasteiger partial charge < -0.3 is 10.0 Å². The summed E-state index contributed by atoms with van der Waals surface area (Å²) in [6.45, 7) is 1.42. The van der Waals surface area contributed by atoms with Crippen LogP contribution in [-0.2, 0) is 4.79 Å². The minimum absolute atomic E-state index is 0.0347. The quantitative estimate of drug-likeness (QED) is 0.685. The first-order valence-electron chi connectivity index (χ1n) is 3.31. The number of alkyl halides is 3. The first kappa shape index (κ1) is 9.85.